The van der Waals surface area contributed by atoms with Crippen LogP contribution < -0.4 is 4.72 Å². The summed E-state index contributed by atoms with van der Waals surface area (Å²) in [6.45, 7) is 0.100. The van der Waals surface area contributed by atoms with Crippen molar-refractivity contribution in [3.05, 3.63) is 33.3 Å². The number of sulfonamides is 1. The molecule has 0 amide bonds. The second-order valence-electron chi connectivity index (χ2n) is 4.27. The van der Waals surface area contributed by atoms with E-state index in [-0.39, 0.29) is 5.02 Å². The highest BCUT2D eigenvalue weighted by Gasteiger charge is 2.32. The Balaban J connectivity index is 3.07. The van der Waals surface area contributed by atoms with Crippen LogP contribution in [0.4, 0.5) is 5.69 Å². The first-order valence-corrected chi connectivity index (χ1v) is 7.23. The molecule has 3 N–H and O–H groups in total. The molecule has 0 fully saturated rings. The van der Waals surface area contributed by atoms with Gasteiger partial charge < -0.3 is 10.2 Å². The lowest BCUT2D eigenvalue weighted by Crippen LogP contribution is -2.46. The number of nitrogens with zero attached hydrogens (tertiary/aromatic N) is 1. The van der Waals surface area contributed by atoms with Gasteiger partial charge >= 0.3 is 5.97 Å². The van der Waals surface area contributed by atoms with Crippen LogP contribution in [0.15, 0.2) is 23.1 Å². The highest BCUT2D eigenvalue weighted by atomic mass is 35.5. The number of nitrogens with one attached hydrogen (secondary N) is 1. The van der Waals surface area contributed by atoms with E-state index in [1.54, 1.807) is 0 Å². The van der Waals surface area contributed by atoms with Gasteiger partial charge in [0.2, 0.25) is 10.0 Å². The molecular formula is C10H11ClN2O7S. The van der Waals surface area contributed by atoms with Crippen molar-refractivity contribution in [1.29, 1.82) is 0 Å². The summed E-state index contributed by atoms with van der Waals surface area (Å²) in [6.07, 6.45) is 0. The molecule has 116 valence electrons. The van der Waals surface area contributed by atoms with Crippen molar-refractivity contribution in [3.8, 4) is 0 Å². The van der Waals surface area contributed by atoms with Crippen molar-refractivity contribution in [2.75, 3.05) is 6.54 Å². The first-order valence-electron chi connectivity index (χ1n) is 5.37. The van der Waals surface area contributed by atoms with Gasteiger partial charge in [-0.15, -0.1) is 0 Å². The highest BCUT2D eigenvalue weighted by Crippen LogP contribution is 2.27. The monoisotopic (exact) mass is 338 g/mol. The SMILES string of the molecule is CC(O)(CNS(=O)(=O)c1ccc(Cl)c([N+](=O)[O-])c1)C(=O)O. The number of hydrogen-bond donors (Lipinski definition) is 3. The van der Waals surface area contributed by atoms with E-state index in [2.05, 4.69) is 0 Å². The van der Waals surface area contributed by atoms with Crippen LogP contribution in [0.1, 0.15) is 6.92 Å². The number of carboxylic acids is 1. The minimum atomic E-state index is -4.24. The lowest BCUT2D eigenvalue weighted by molar-refractivity contribution is -0.384. The molecule has 11 heteroatoms. The fraction of sp³-hybridized carbons (Fsp3) is 0.300. The molecular weight excluding hydrogens is 328 g/mol. The molecule has 1 aromatic carbocycles. The molecule has 0 aliphatic rings. The number of carboxylic acid groups (broad SMARTS) is 1. The summed E-state index contributed by atoms with van der Waals surface area (Å²) in [5.74, 6) is -1.62. The summed E-state index contributed by atoms with van der Waals surface area (Å²) in [5, 5.41) is 28.6. The third-order valence-electron chi connectivity index (χ3n) is 2.49. The van der Waals surface area contributed by atoms with Crippen molar-refractivity contribution in [2.24, 2.45) is 0 Å². The molecule has 1 aromatic rings. The zero-order valence-electron chi connectivity index (χ0n) is 10.6. The van der Waals surface area contributed by atoms with Gasteiger partial charge in [0.25, 0.3) is 5.69 Å². The number of nitro groups is 1. The molecule has 0 aliphatic carbocycles. The van der Waals surface area contributed by atoms with Gasteiger partial charge in [-0.2, -0.15) is 0 Å². The van der Waals surface area contributed by atoms with Gasteiger partial charge in [0.15, 0.2) is 5.60 Å². The molecule has 1 rings (SSSR count). The van der Waals surface area contributed by atoms with E-state index in [0.717, 1.165) is 25.1 Å². The predicted molar refractivity (Wildman–Crippen MR) is 71.6 cm³/mol. The van der Waals surface area contributed by atoms with Gasteiger partial charge in [-0.3, -0.25) is 10.1 Å². The molecule has 0 heterocycles. The lowest BCUT2D eigenvalue weighted by Gasteiger charge is -2.18. The third kappa shape index (κ3) is 4.11. The number of aliphatic hydroxyl groups is 1. The van der Waals surface area contributed by atoms with Crippen molar-refractivity contribution in [1.82, 2.24) is 4.72 Å². The van der Waals surface area contributed by atoms with Crippen molar-refractivity contribution in [3.63, 3.8) is 0 Å². The number of nitro benzene ring substituents is 1. The zero-order valence-corrected chi connectivity index (χ0v) is 12.2. The molecule has 0 bridgehead atoms. The van der Waals surface area contributed by atoms with Gasteiger partial charge in [-0.1, -0.05) is 11.6 Å². The van der Waals surface area contributed by atoms with E-state index in [4.69, 9.17) is 16.7 Å². The normalized spacial score (nSPS) is 14.4. The molecule has 0 aliphatic heterocycles. The molecule has 0 saturated carbocycles. The molecule has 1 atom stereocenters. The second kappa shape index (κ2) is 5.93. The van der Waals surface area contributed by atoms with Crippen molar-refractivity contribution in [2.45, 2.75) is 17.4 Å². The Morgan fingerprint density at radius 1 is 1.52 bits per heavy atom. The first-order chi connectivity index (χ1) is 9.47. The van der Waals surface area contributed by atoms with Gasteiger partial charge in [-0.25, -0.2) is 17.9 Å². The highest BCUT2D eigenvalue weighted by molar-refractivity contribution is 7.89. The molecule has 0 spiro atoms. The summed E-state index contributed by atoms with van der Waals surface area (Å²) >= 11 is 5.56. The first kappa shape index (κ1) is 17.3. The number of aliphatic carboxylic acids is 1. The minimum absolute atomic E-state index is 0.239. The van der Waals surface area contributed by atoms with Crippen LogP contribution in [-0.2, 0) is 14.8 Å². The maximum absolute atomic E-state index is 11.9. The van der Waals surface area contributed by atoms with Crippen LogP contribution in [-0.4, -0.2) is 41.7 Å². The van der Waals surface area contributed by atoms with Gasteiger partial charge in [-0.05, 0) is 19.1 Å². The summed E-state index contributed by atoms with van der Waals surface area (Å²) in [7, 11) is -4.24. The van der Waals surface area contributed by atoms with Crippen molar-refractivity contribution >= 4 is 33.3 Å². The number of benzene rings is 1. The molecule has 0 saturated heterocycles. The summed E-state index contributed by atoms with van der Waals surface area (Å²) < 4.78 is 25.7. The zero-order chi connectivity index (χ0) is 16.4. The van der Waals surface area contributed by atoms with Gasteiger partial charge in [0.1, 0.15) is 5.02 Å². The Labute approximate surface area is 124 Å². The second-order valence-corrected chi connectivity index (χ2v) is 6.45. The Bertz CT molecular complexity index is 687. The largest absolute Gasteiger partial charge is 0.479 e. The predicted octanol–water partition coefficient (Wildman–Crippen LogP) is 0.362. The number of rotatable bonds is 6. The van der Waals surface area contributed by atoms with Crippen molar-refractivity contribution < 1.29 is 28.3 Å². The molecule has 9 nitrogen and oxygen atoms in total. The maximum atomic E-state index is 11.9. The van der Waals surface area contributed by atoms with Crippen LogP contribution in [0.3, 0.4) is 0 Å². The summed E-state index contributed by atoms with van der Waals surface area (Å²) in [6, 6.07) is 2.79. The van der Waals surface area contributed by atoms with E-state index in [9.17, 15) is 28.4 Å². The number of hydrogen-bond acceptors (Lipinski definition) is 6. The van der Waals surface area contributed by atoms with E-state index < -0.39 is 43.6 Å². The average molecular weight is 339 g/mol. The topological polar surface area (TPSA) is 147 Å². The van der Waals surface area contributed by atoms with Crippen LogP contribution in [0, 0.1) is 10.1 Å². The Kier molecular flexibility index (Phi) is 4.89. The van der Waals surface area contributed by atoms with Crippen LogP contribution in [0.2, 0.25) is 5.02 Å². The van der Waals surface area contributed by atoms with E-state index in [1.165, 1.54) is 0 Å². The minimum Gasteiger partial charge on any atom is -0.479 e. The van der Waals surface area contributed by atoms with Crippen LogP contribution in [0.5, 0.6) is 0 Å². The molecule has 1 unspecified atom stereocenters. The maximum Gasteiger partial charge on any atom is 0.336 e. The van der Waals surface area contributed by atoms with E-state index in [1.807, 2.05) is 4.72 Å². The van der Waals surface area contributed by atoms with E-state index >= 15 is 0 Å². The van der Waals surface area contributed by atoms with Crippen LogP contribution in [0.25, 0.3) is 0 Å². The van der Waals surface area contributed by atoms with E-state index in [0.29, 0.717) is 0 Å². The molecule has 0 radical (unpaired) electrons. The third-order valence-corrected chi connectivity index (χ3v) is 4.21. The standard InChI is InChI=1S/C10H11ClN2O7S/c1-10(16,9(14)15)5-12-21(19,20)6-2-3-7(11)8(4-6)13(17)18/h2-4,12,16H,5H2,1H3,(H,14,15). The Morgan fingerprint density at radius 3 is 2.57 bits per heavy atom. The Morgan fingerprint density at radius 2 is 2.10 bits per heavy atom. The smallest absolute Gasteiger partial charge is 0.336 e. The van der Waals surface area contributed by atoms with Gasteiger partial charge in [0.05, 0.1) is 16.4 Å². The quantitative estimate of drug-likeness (QED) is 0.501. The average Bonchev–Trinajstić information content (AvgIpc) is 2.36. The fourth-order valence-electron chi connectivity index (χ4n) is 1.19. The number of halogens is 1. The molecule has 0 aromatic heterocycles. The molecule has 21 heavy (non-hydrogen) atoms. The Hall–Kier alpha value is -1.75. The fourth-order valence-corrected chi connectivity index (χ4v) is 2.53. The van der Waals surface area contributed by atoms with Gasteiger partial charge in [0, 0.05) is 6.07 Å². The van der Waals surface area contributed by atoms with Crippen LogP contribution >= 0.6 is 11.6 Å². The lowest BCUT2D eigenvalue weighted by atomic mass is 10.1. The summed E-state index contributed by atoms with van der Waals surface area (Å²) in [5.41, 5.74) is -2.92. The number of carbonyl (C=O) groups is 1. The summed E-state index contributed by atoms with van der Waals surface area (Å²) in [4.78, 5) is 20.0.